The number of rotatable bonds is 3. The number of hydrogen-bond acceptors (Lipinski definition) is 3. The lowest BCUT2D eigenvalue weighted by Gasteiger charge is -2.32. The molecular formula is C17H25FN4O. The molecule has 6 heteroatoms. The molecule has 1 aromatic carbocycles. The van der Waals surface area contributed by atoms with Crippen molar-refractivity contribution >= 4 is 5.96 Å². The number of halogens is 1. The molecule has 23 heavy (non-hydrogen) atoms. The van der Waals surface area contributed by atoms with Gasteiger partial charge in [0, 0.05) is 51.4 Å². The van der Waals surface area contributed by atoms with E-state index in [-0.39, 0.29) is 5.82 Å². The van der Waals surface area contributed by atoms with Gasteiger partial charge in [-0.25, -0.2) is 4.39 Å². The molecule has 0 saturated carbocycles. The van der Waals surface area contributed by atoms with E-state index in [1.165, 1.54) is 6.07 Å². The van der Waals surface area contributed by atoms with Crippen molar-refractivity contribution in [1.82, 2.24) is 15.1 Å². The summed E-state index contributed by atoms with van der Waals surface area (Å²) in [6, 6.07) is 7.42. The highest BCUT2D eigenvalue weighted by Gasteiger charge is 2.30. The first-order valence-electron chi connectivity index (χ1n) is 8.28. The number of guanidine groups is 1. The third-order valence-electron chi connectivity index (χ3n) is 4.63. The molecule has 2 heterocycles. The minimum atomic E-state index is -0.178. The summed E-state index contributed by atoms with van der Waals surface area (Å²) in [7, 11) is 1.78. The van der Waals surface area contributed by atoms with Crippen molar-refractivity contribution in [3.8, 4) is 0 Å². The summed E-state index contributed by atoms with van der Waals surface area (Å²) in [5.41, 5.74) is 0.664. The lowest BCUT2D eigenvalue weighted by Crippen LogP contribution is -2.46. The highest BCUT2D eigenvalue weighted by molar-refractivity contribution is 5.80. The standard InChI is InChI=1S/C17H25FN4O/c1-19-17(20-12-14-4-2-3-5-16(14)18)22-7-6-15(13-22)21-8-10-23-11-9-21/h2-5,15H,6-13H2,1H3,(H,19,20). The molecule has 0 bridgehead atoms. The second kappa shape index (κ2) is 7.75. The molecule has 0 spiro atoms. The zero-order valence-corrected chi connectivity index (χ0v) is 13.7. The van der Waals surface area contributed by atoms with Crippen LogP contribution in [0.3, 0.4) is 0 Å². The Morgan fingerprint density at radius 3 is 2.83 bits per heavy atom. The predicted octanol–water partition coefficient (Wildman–Crippen LogP) is 1.31. The fourth-order valence-corrected chi connectivity index (χ4v) is 3.32. The van der Waals surface area contributed by atoms with Crippen molar-refractivity contribution in [2.24, 2.45) is 4.99 Å². The Hall–Kier alpha value is -1.66. The Balaban J connectivity index is 1.54. The van der Waals surface area contributed by atoms with Crippen LogP contribution in [0, 0.1) is 5.82 Å². The smallest absolute Gasteiger partial charge is 0.193 e. The number of nitrogens with zero attached hydrogens (tertiary/aromatic N) is 3. The molecule has 126 valence electrons. The van der Waals surface area contributed by atoms with Crippen molar-refractivity contribution in [2.75, 3.05) is 46.4 Å². The topological polar surface area (TPSA) is 40.1 Å². The van der Waals surface area contributed by atoms with E-state index in [9.17, 15) is 4.39 Å². The van der Waals surface area contributed by atoms with Gasteiger partial charge in [0.15, 0.2) is 5.96 Å². The molecule has 0 aromatic heterocycles. The quantitative estimate of drug-likeness (QED) is 0.673. The summed E-state index contributed by atoms with van der Waals surface area (Å²) < 4.78 is 19.1. The Morgan fingerprint density at radius 2 is 2.09 bits per heavy atom. The summed E-state index contributed by atoms with van der Waals surface area (Å²) >= 11 is 0. The molecular weight excluding hydrogens is 295 g/mol. The third-order valence-corrected chi connectivity index (χ3v) is 4.63. The molecule has 0 amide bonds. The summed E-state index contributed by atoms with van der Waals surface area (Å²) in [6.07, 6.45) is 1.14. The van der Waals surface area contributed by atoms with Crippen molar-refractivity contribution in [3.63, 3.8) is 0 Å². The normalized spacial score (nSPS) is 23.3. The van der Waals surface area contributed by atoms with Crippen LogP contribution in [0.4, 0.5) is 4.39 Å². The second-order valence-electron chi connectivity index (χ2n) is 6.03. The molecule has 2 aliphatic heterocycles. The van der Waals surface area contributed by atoms with Crippen LogP contribution in [0.5, 0.6) is 0 Å². The van der Waals surface area contributed by atoms with Crippen LogP contribution in [0.1, 0.15) is 12.0 Å². The largest absolute Gasteiger partial charge is 0.379 e. The van der Waals surface area contributed by atoms with Crippen LogP contribution in [-0.2, 0) is 11.3 Å². The fraction of sp³-hybridized carbons (Fsp3) is 0.588. The van der Waals surface area contributed by atoms with E-state index < -0.39 is 0 Å². The molecule has 1 atom stereocenters. The van der Waals surface area contributed by atoms with Crippen molar-refractivity contribution in [2.45, 2.75) is 19.0 Å². The molecule has 2 saturated heterocycles. The fourth-order valence-electron chi connectivity index (χ4n) is 3.32. The van der Waals surface area contributed by atoms with E-state index in [1.54, 1.807) is 19.2 Å². The number of aliphatic imine (C=N–C) groups is 1. The lowest BCUT2D eigenvalue weighted by atomic mass is 10.2. The molecule has 3 rings (SSSR count). The molecule has 0 aliphatic carbocycles. The Labute approximate surface area is 137 Å². The first-order valence-corrected chi connectivity index (χ1v) is 8.28. The minimum absolute atomic E-state index is 0.178. The van der Waals surface area contributed by atoms with Crippen LogP contribution in [0.25, 0.3) is 0 Å². The van der Waals surface area contributed by atoms with E-state index in [2.05, 4.69) is 20.1 Å². The minimum Gasteiger partial charge on any atom is -0.379 e. The number of ether oxygens (including phenoxy) is 1. The number of likely N-dealkylation sites (tertiary alicyclic amines) is 1. The SMILES string of the molecule is CN=C(NCc1ccccc1F)N1CCC(N2CCOCC2)C1. The maximum atomic E-state index is 13.7. The van der Waals surface area contributed by atoms with Gasteiger partial charge in [-0.1, -0.05) is 18.2 Å². The van der Waals surface area contributed by atoms with Gasteiger partial charge < -0.3 is 15.0 Å². The average molecular weight is 320 g/mol. The Bertz CT molecular complexity index is 545. The zero-order valence-electron chi connectivity index (χ0n) is 13.7. The van der Waals surface area contributed by atoms with Gasteiger partial charge in [0.1, 0.15) is 5.82 Å². The van der Waals surface area contributed by atoms with E-state index in [0.29, 0.717) is 18.2 Å². The first-order chi connectivity index (χ1) is 11.3. The van der Waals surface area contributed by atoms with Crippen molar-refractivity contribution < 1.29 is 9.13 Å². The molecule has 2 aliphatic rings. The van der Waals surface area contributed by atoms with Gasteiger partial charge >= 0.3 is 0 Å². The summed E-state index contributed by atoms with van der Waals surface area (Å²) in [5.74, 6) is 0.673. The van der Waals surface area contributed by atoms with Crippen LogP contribution in [0.2, 0.25) is 0 Å². The second-order valence-corrected chi connectivity index (χ2v) is 6.03. The highest BCUT2D eigenvalue weighted by Crippen LogP contribution is 2.17. The van der Waals surface area contributed by atoms with E-state index in [1.807, 2.05) is 6.07 Å². The van der Waals surface area contributed by atoms with E-state index in [4.69, 9.17) is 4.74 Å². The summed E-state index contributed by atoms with van der Waals surface area (Å²) in [5, 5.41) is 3.28. The average Bonchev–Trinajstić information content (AvgIpc) is 3.08. The molecule has 1 aromatic rings. The van der Waals surface area contributed by atoms with Gasteiger partial charge in [-0.15, -0.1) is 0 Å². The van der Waals surface area contributed by atoms with Crippen molar-refractivity contribution in [1.29, 1.82) is 0 Å². The van der Waals surface area contributed by atoms with Gasteiger partial charge in [-0.05, 0) is 12.5 Å². The van der Waals surface area contributed by atoms with Gasteiger partial charge in [-0.2, -0.15) is 0 Å². The molecule has 1 unspecified atom stereocenters. The first kappa shape index (κ1) is 16.2. The van der Waals surface area contributed by atoms with E-state index in [0.717, 1.165) is 51.8 Å². The number of benzene rings is 1. The Morgan fingerprint density at radius 1 is 1.30 bits per heavy atom. The maximum absolute atomic E-state index is 13.7. The number of nitrogens with one attached hydrogen (secondary N) is 1. The molecule has 2 fully saturated rings. The molecule has 5 nitrogen and oxygen atoms in total. The highest BCUT2D eigenvalue weighted by atomic mass is 19.1. The number of hydrogen-bond donors (Lipinski definition) is 1. The monoisotopic (exact) mass is 320 g/mol. The van der Waals surface area contributed by atoms with E-state index >= 15 is 0 Å². The molecule has 1 N–H and O–H groups in total. The van der Waals surface area contributed by atoms with Gasteiger partial charge in [-0.3, -0.25) is 9.89 Å². The zero-order chi connectivity index (χ0) is 16.1. The molecule has 0 radical (unpaired) electrons. The Kier molecular flexibility index (Phi) is 5.46. The maximum Gasteiger partial charge on any atom is 0.193 e. The number of morpholine rings is 1. The van der Waals surface area contributed by atoms with Crippen LogP contribution >= 0.6 is 0 Å². The summed E-state index contributed by atoms with van der Waals surface area (Å²) in [6.45, 7) is 6.10. The third kappa shape index (κ3) is 4.00. The predicted molar refractivity (Wildman–Crippen MR) is 89.0 cm³/mol. The van der Waals surface area contributed by atoms with Crippen LogP contribution in [0.15, 0.2) is 29.3 Å². The van der Waals surface area contributed by atoms with Crippen LogP contribution in [-0.4, -0.2) is 68.2 Å². The van der Waals surface area contributed by atoms with Crippen LogP contribution < -0.4 is 5.32 Å². The van der Waals surface area contributed by atoms with Gasteiger partial charge in [0.25, 0.3) is 0 Å². The van der Waals surface area contributed by atoms with Gasteiger partial charge in [0.2, 0.25) is 0 Å². The lowest BCUT2D eigenvalue weighted by molar-refractivity contribution is 0.0195. The van der Waals surface area contributed by atoms with Gasteiger partial charge in [0.05, 0.1) is 13.2 Å². The summed E-state index contributed by atoms with van der Waals surface area (Å²) in [4.78, 5) is 9.13. The van der Waals surface area contributed by atoms with Crippen molar-refractivity contribution in [3.05, 3.63) is 35.6 Å².